The van der Waals surface area contributed by atoms with E-state index < -0.39 is 0 Å². The molecule has 0 spiro atoms. The minimum absolute atomic E-state index is 0.0228. The molecule has 170 valence electrons. The van der Waals surface area contributed by atoms with Crippen molar-refractivity contribution in [2.24, 2.45) is 0 Å². The molecular weight excluding hydrogens is 404 g/mol. The van der Waals surface area contributed by atoms with Crippen molar-refractivity contribution in [3.8, 4) is 11.1 Å². The SMILES string of the molecule is CC(C)NC(=O)N1CCN(c2ccnn3cc(-c4cnn([C@@H]5CCCNC5)c4)cc23)CC1. The number of anilines is 1. The van der Waals surface area contributed by atoms with Gasteiger partial charge in [0.15, 0.2) is 0 Å². The fraction of sp³-hybridized carbons (Fsp3) is 0.522. The lowest BCUT2D eigenvalue weighted by Gasteiger charge is -2.36. The van der Waals surface area contributed by atoms with Gasteiger partial charge in [-0.15, -0.1) is 0 Å². The highest BCUT2D eigenvalue weighted by molar-refractivity contribution is 5.80. The summed E-state index contributed by atoms with van der Waals surface area (Å²) in [6.45, 7) is 9.08. The Hall–Kier alpha value is -3.07. The molecule has 0 saturated carbocycles. The zero-order valence-electron chi connectivity index (χ0n) is 18.9. The topological polar surface area (TPSA) is 82.7 Å². The van der Waals surface area contributed by atoms with Crippen molar-refractivity contribution in [3.63, 3.8) is 0 Å². The second-order valence-electron chi connectivity index (χ2n) is 9.06. The molecule has 3 aromatic heterocycles. The lowest BCUT2D eigenvalue weighted by Crippen LogP contribution is -2.53. The second-order valence-corrected chi connectivity index (χ2v) is 9.06. The van der Waals surface area contributed by atoms with E-state index in [-0.39, 0.29) is 12.1 Å². The van der Waals surface area contributed by atoms with Gasteiger partial charge in [0.05, 0.1) is 23.4 Å². The van der Waals surface area contributed by atoms with Crippen molar-refractivity contribution in [1.82, 2.24) is 34.9 Å². The van der Waals surface area contributed by atoms with Crippen molar-refractivity contribution in [3.05, 3.63) is 36.9 Å². The first-order chi connectivity index (χ1) is 15.6. The number of piperidine rings is 1. The minimum Gasteiger partial charge on any atom is -0.366 e. The maximum Gasteiger partial charge on any atom is 0.317 e. The number of carbonyl (C=O) groups excluding carboxylic acids is 1. The number of carbonyl (C=O) groups is 1. The number of hydrogen-bond donors (Lipinski definition) is 2. The molecule has 0 radical (unpaired) electrons. The number of amides is 2. The molecule has 0 aliphatic carbocycles. The smallest absolute Gasteiger partial charge is 0.317 e. The molecular formula is C23H32N8O. The minimum atomic E-state index is 0.0228. The van der Waals surface area contributed by atoms with Crippen LogP contribution in [0.15, 0.2) is 36.9 Å². The molecule has 2 amide bonds. The highest BCUT2D eigenvalue weighted by Gasteiger charge is 2.23. The van der Waals surface area contributed by atoms with Crippen LogP contribution >= 0.6 is 0 Å². The van der Waals surface area contributed by atoms with Crippen LogP contribution in [0, 0.1) is 0 Å². The van der Waals surface area contributed by atoms with Crippen molar-refractivity contribution < 1.29 is 4.79 Å². The summed E-state index contributed by atoms with van der Waals surface area (Å²) in [5.74, 6) is 0. The van der Waals surface area contributed by atoms with E-state index in [2.05, 4.69) is 54.9 Å². The van der Waals surface area contributed by atoms with Crippen molar-refractivity contribution in [2.45, 2.75) is 38.8 Å². The number of rotatable bonds is 4. The van der Waals surface area contributed by atoms with Gasteiger partial charge in [0, 0.05) is 68.5 Å². The Bertz CT molecular complexity index is 1070. The molecule has 2 saturated heterocycles. The van der Waals surface area contributed by atoms with Gasteiger partial charge in [-0.3, -0.25) is 4.68 Å². The van der Waals surface area contributed by atoms with E-state index in [9.17, 15) is 4.79 Å². The first-order valence-corrected chi connectivity index (χ1v) is 11.6. The third-order valence-electron chi connectivity index (χ3n) is 6.39. The molecule has 2 N–H and O–H groups in total. The van der Waals surface area contributed by atoms with Crippen LogP contribution < -0.4 is 15.5 Å². The molecule has 2 aliphatic rings. The highest BCUT2D eigenvalue weighted by atomic mass is 16.2. The summed E-state index contributed by atoms with van der Waals surface area (Å²) in [7, 11) is 0. The van der Waals surface area contributed by atoms with E-state index in [4.69, 9.17) is 0 Å². The Balaban J connectivity index is 1.33. The molecule has 3 aromatic rings. The van der Waals surface area contributed by atoms with Crippen LogP contribution in [0.25, 0.3) is 16.6 Å². The average Bonchev–Trinajstić information content (AvgIpc) is 3.46. The summed E-state index contributed by atoms with van der Waals surface area (Å²) >= 11 is 0. The van der Waals surface area contributed by atoms with Gasteiger partial charge in [0.1, 0.15) is 0 Å². The molecule has 9 heteroatoms. The zero-order chi connectivity index (χ0) is 22.1. The maximum absolute atomic E-state index is 12.3. The first kappa shape index (κ1) is 20.8. The van der Waals surface area contributed by atoms with Gasteiger partial charge in [0.2, 0.25) is 0 Å². The van der Waals surface area contributed by atoms with E-state index in [0.717, 1.165) is 48.5 Å². The largest absolute Gasteiger partial charge is 0.366 e. The molecule has 0 unspecified atom stereocenters. The van der Waals surface area contributed by atoms with E-state index >= 15 is 0 Å². The quantitative estimate of drug-likeness (QED) is 0.656. The number of nitrogens with one attached hydrogen (secondary N) is 2. The van der Waals surface area contributed by atoms with Gasteiger partial charge in [0.25, 0.3) is 0 Å². The van der Waals surface area contributed by atoms with Gasteiger partial charge < -0.3 is 20.4 Å². The number of aromatic nitrogens is 4. The van der Waals surface area contributed by atoms with Gasteiger partial charge >= 0.3 is 6.03 Å². The maximum atomic E-state index is 12.3. The number of nitrogens with zero attached hydrogens (tertiary/aromatic N) is 6. The third kappa shape index (κ3) is 4.17. The number of hydrogen-bond acceptors (Lipinski definition) is 5. The number of urea groups is 1. The Morgan fingerprint density at radius 2 is 2.00 bits per heavy atom. The van der Waals surface area contributed by atoms with E-state index in [1.54, 1.807) is 0 Å². The normalized spacial score (nSPS) is 19.7. The van der Waals surface area contributed by atoms with Gasteiger partial charge in [-0.25, -0.2) is 9.31 Å². The molecule has 32 heavy (non-hydrogen) atoms. The highest BCUT2D eigenvalue weighted by Crippen LogP contribution is 2.29. The second kappa shape index (κ2) is 8.82. The van der Waals surface area contributed by atoms with Crippen LogP contribution in [0.1, 0.15) is 32.7 Å². The molecule has 2 aliphatic heterocycles. The number of fused-ring (bicyclic) bond motifs is 1. The Morgan fingerprint density at radius 3 is 2.75 bits per heavy atom. The van der Waals surface area contributed by atoms with Crippen LogP contribution in [-0.4, -0.2) is 75.6 Å². The molecule has 9 nitrogen and oxygen atoms in total. The molecule has 1 atom stereocenters. The molecule has 0 aromatic carbocycles. The summed E-state index contributed by atoms with van der Waals surface area (Å²) in [4.78, 5) is 16.6. The lowest BCUT2D eigenvalue weighted by molar-refractivity contribution is 0.192. The predicted octanol–water partition coefficient (Wildman–Crippen LogP) is 2.36. The molecule has 5 heterocycles. The standard InChI is InChI=1S/C23H32N8O/c1-17(2)27-23(32)29-10-8-28(9-11-29)21-5-7-25-31-15-18(12-22(21)31)19-13-26-30(16-19)20-4-3-6-24-14-20/h5,7,12-13,15-17,20,24H,3-4,6,8-11,14H2,1-2H3,(H,27,32)/t20-/m1/s1. The predicted molar refractivity (Wildman–Crippen MR) is 125 cm³/mol. The van der Waals surface area contributed by atoms with Crippen molar-refractivity contribution in [2.75, 3.05) is 44.2 Å². The fourth-order valence-corrected chi connectivity index (χ4v) is 4.66. The third-order valence-corrected chi connectivity index (χ3v) is 6.39. The first-order valence-electron chi connectivity index (χ1n) is 11.6. The summed E-state index contributed by atoms with van der Waals surface area (Å²) in [6.07, 6.45) is 10.4. The van der Waals surface area contributed by atoms with Crippen LogP contribution in [0.3, 0.4) is 0 Å². The van der Waals surface area contributed by atoms with E-state index in [1.807, 2.05) is 35.7 Å². The molecule has 2 fully saturated rings. The summed E-state index contributed by atoms with van der Waals surface area (Å²) in [6, 6.07) is 4.86. The monoisotopic (exact) mass is 436 g/mol. The molecule has 5 rings (SSSR count). The summed E-state index contributed by atoms with van der Waals surface area (Å²) < 4.78 is 4.04. The van der Waals surface area contributed by atoms with Crippen LogP contribution in [0.4, 0.5) is 10.5 Å². The zero-order valence-corrected chi connectivity index (χ0v) is 18.9. The average molecular weight is 437 g/mol. The Labute approximate surface area is 188 Å². The molecule has 0 bridgehead atoms. The summed E-state index contributed by atoms with van der Waals surface area (Å²) in [5, 5.41) is 15.6. The van der Waals surface area contributed by atoms with E-state index in [0.29, 0.717) is 19.1 Å². The fourth-order valence-electron chi connectivity index (χ4n) is 4.66. The lowest BCUT2D eigenvalue weighted by atomic mass is 10.1. The Kier molecular flexibility index (Phi) is 5.73. The summed E-state index contributed by atoms with van der Waals surface area (Å²) in [5.41, 5.74) is 4.46. The van der Waals surface area contributed by atoms with Crippen molar-refractivity contribution >= 4 is 17.2 Å². The van der Waals surface area contributed by atoms with Gasteiger partial charge in [-0.05, 0) is 45.4 Å². The van der Waals surface area contributed by atoms with Gasteiger partial charge in [-0.1, -0.05) is 0 Å². The van der Waals surface area contributed by atoms with Crippen molar-refractivity contribution in [1.29, 1.82) is 0 Å². The van der Waals surface area contributed by atoms with Crippen LogP contribution in [-0.2, 0) is 0 Å². The van der Waals surface area contributed by atoms with Crippen LogP contribution in [0.5, 0.6) is 0 Å². The van der Waals surface area contributed by atoms with E-state index in [1.165, 1.54) is 12.8 Å². The van der Waals surface area contributed by atoms with Crippen LogP contribution in [0.2, 0.25) is 0 Å². The Morgan fingerprint density at radius 1 is 1.16 bits per heavy atom. The van der Waals surface area contributed by atoms with Gasteiger partial charge in [-0.2, -0.15) is 10.2 Å². The number of piperazine rings is 1.